The van der Waals surface area contributed by atoms with Crippen molar-refractivity contribution in [1.29, 1.82) is 0 Å². The van der Waals surface area contributed by atoms with Crippen LogP contribution in [0.25, 0.3) is 0 Å². The molecule has 1 fully saturated rings. The molecule has 2 rings (SSSR count). The lowest BCUT2D eigenvalue weighted by molar-refractivity contribution is 0.0951. The predicted octanol–water partition coefficient (Wildman–Crippen LogP) is 1.80. The molecule has 0 unspecified atom stereocenters. The van der Waals surface area contributed by atoms with Crippen LogP contribution in [0.3, 0.4) is 0 Å². The number of rotatable bonds is 4. The number of pyridine rings is 1. The molecule has 5 heteroatoms. The second-order valence-corrected chi connectivity index (χ2v) is 6.17. The first kappa shape index (κ1) is 13.8. The van der Waals surface area contributed by atoms with Crippen LogP contribution in [0.2, 0.25) is 0 Å². The summed E-state index contributed by atoms with van der Waals surface area (Å²) in [4.78, 5) is 16.5. The highest BCUT2D eigenvalue weighted by molar-refractivity contribution is 5.95. The molecule has 1 aliphatic rings. The Morgan fingerprint density at radius 1 is 1.42 bits per heavy atom. The average Bonchev–Trinajstić information content (AvgIpc) is 3.18. The van der Waals surface area contributed by atoms with E-state index in [4.69, 9.17) is 5.84 Å². The number of nitrogen functional groups attached to an aromatic ring is 1. The Bertz CT molecular complexity index is 475. The number of aromatic nitrogens is 1. The van der Waals surface area contributed by atoms with Gasteiger partial charge in [0.2, 0.25) is 0 Å². The summed E-state index contributed by atoms with van der Waals surface area (Å²) < 4.78 is 0. The van der Waals surface area contributed by atoms with Crippen molar-refractivity contribution in [3.8, 4) is 0 Å². The maximum Gasteiger partial charge on any atom is 0.251 e. The molecule has 0 radical (unpaired) electrons. The van der Waals surface area contributed by atoms with Gasteiger partial charge in [-0.15, -0.1) is 0 Å². The number of amides is 1. The molecular weight excluding hydrogens is 240 g/mol. The Hall–Kier alpha value is -1.62. The van der Waals surface area contributed by atoms with Gasteiger partial charge >= 0.3 is 0 Å². The summed E-state index contributed by atoms with van der Waals surface area (Å²) in [5.41, 5.74) is 3.85. The van der Waals surface area contributed by atoms with Gasteiger partial charge in [-0.2, -0.15) is 0 Å². The molecule has 5 nitrogen and oxygen atoms in total. The summed E-state index contributed by atoms with van der Waals surface area (Å²) in [5.74, 6) is 6.54. The van der Waals surface area contributed by atoms with E-state index in [0.717, 1.165) is 12.2 Å². The molecule has 104 valence electrons. The van der Waals surface area contributed by atoms with Crippen LogP contribution in [-0.2, 0) is 5.41 Å². The van der Waals surface area contributed by atoms with Crippen LogP contribution in [-0.4, -0.2) is 17.4 Å². The summed E-state index contributed by atoms with van der Waals surface area (Å²) in [7, 11) is 0. The van der Waals surface area contributed by atoms with Gasteiger partial charge in [0.05, 0.1) is 0 Å². The highest BCUT2D eigenvalue weighted by Gasteiger charge is 2.23. The minimum Gasteiger partial charge on any atom is -0.352 e. The Kier molecular flexibility index (Phi) is 3.75. The molecule has 1 aromatic rings. The van der Waals surface area contributed by atoms with Crippen LogP contribution in [0, 0.1) is 5.92 Å². The van der Waals surface area contributed by atoms with Gasteiger partial charge in [0.25, 0.3) is 5.91 Å². The predicted molar refractivity (Wildman–Crippen MR) is 75.8 cm³/mol. The van der Waals surface area contributed by atoms with E-state index in [9.17, 15) is 4.79 Å². The summed E-state index contributed by atoms with van der Waals surface area (Å²) in [6.07, 6.45) is 2.44. The first-order valence-electron chi connectivity index (χ1n) is 6.67. The van der Waals surface area contributed by atoms with Crippen LogP contribution >= 0.6 is 0 Å². The minimum absolute atomic E-state index is 0.0590. The third-order valence-corrected chi connectivity index (χ3v) is 3.25. The molecule has 1 amide bonds. The molecule has 0 spiro atoms. The van der Waals surface area contributed by atoms with Gasteiger partial charge in [-0.3, -0.25) is 4.79 Å². The Morgan fingerprint density at radius 3 is 2.63 bits per heavy atom. The minimum atomic E-state index is -0.127. The summed E-state index contributed by atoms with van der Waals surface area (Å²) in [6, 6.07) is 3.51. The zero-order valence-electron chi connectivity index (χ0n) is 11.8. The first-order chi connectivity index (χ1) is 8.90. The van der Waals surface area contributed by atoms with E-state index in [0.29, 0.717) is 17.3 Å². The number of hydrogen-bond acceptors (Lipinski definition) is 4. The fraction of sp³-hybridized carbons (Fsp3) is 0.571. The number of hydrogen-bond donors (Lipinski definition) is 3. The molecule has 19 heavy (non-hydrogen) atoms. The van der Waals surface area contributed by atoms with E-state index in [-0.39, 0.29) is 11.3 Å². The van der Waals surface area contributed by atoms with E-state index in [1.165, 1.54) is 12.8 Å². The van der Waals surface area contributed by atoms with Gasteiger partial charge in [0, 0.05) is 23.2 Å². The standard InChI is InChI=1S/C14H22N4O/c1-14(2,3)11-6-10(7-12(17-11)18-15)13(19)16-8-9-4-5-9/h6-7,9H,4-5,8,15H2,1-3H3,(H,16,19)(H,17,18). The van der Waals surface area contributed by atoms with Crippen LogP contribution in [0.5, 0.6) is 0 Å². The second kappa shape index (κ2) is 5.17. The maximum atomic E-state index is 12.1. The first-order valence-corrected chi connectivity index (χ1v) is 6.67. The average molecular weight is 262 g/mol. The van der Waals surface area contributed by atoms with E-state index >= 15 is 0 Å². The van der Waals surface area contributed by atoms with Gasteiger partial charge < -0.3 is 10.7 Å². The summed E-state index contributed by atoms with van der Waals surface area (Å²) >= 11 is 0. The zero-order chi connectivity index (χ0) is 14.0. The van der Waals surface area contributed by atoms with E-state index < -0.39 is 0 Å². The monoisotopic (exact) mass is 262 g/mol. The number of carbonyl (C=O) groups is 1. The van der Waals surface area contributed by atoms with Crippen LogP contribution in [0.15, 0.2) is 12.1 Å². The molecule has 0 aromatic carbocycles. The number of anilines is 1. The van der Waals surface area contributed by atoms with Crippen LogP contribution in [0.1, 0.15) is 49.7 Å². The second-order valence-electron chi connectivity index (χ2n) is 6.17. The fourth-order valence-electron chi connectivity index (χ4n) is 1.78. The van der Waals surface area contributed by atoms with Crippen molar-refractivity contribution in [2.45, 2.75) is 39.0 Å². The number of nitrogens with two attached hydrogens (primary N) is 1. The van der Waals surface area contributed by atoms with Gasteiger partial charge in [0.15, 0.2) is 0 Å². The Labute approximate surface area is 114 Å². The van der Waals surface area contributed by atoms with E-state index in [1.54, 1.807) is 6.07 Å². The van der Waals surface area contributed by atoms with Crippen molar-refractivity contribution in [2.24, 2.45) is 11.8 Å². The lowest BCUT2D eigenvalue weighted by Gasteiger charge is -2.19. The molecule has 0 saturated heterocycles. The third-order valence-electron chi connectivity index (χ3n) is 3.25. The maximum absolute atomic E-state index is 12.1. The molecule has 1 heterocycles. The number of hydrazine groups is 1. The smallest absolute Gasteiger partial charge is 0.251 e. The van der Waals surface area contributed by atoms with Gasteiger partial charge in [-0.25, -0.2) is 10.8 Å². The van der Waals surface area contributed by atoms with Crippen molar-refractivity contribution in [2.75, 3.05) is 12.0 Å². The molecular formula is C14H22N4O. The zero-order valence-corrected chi connectivity index (χ0v) is 11.8. The molecule has 0 aliphatic heterocycles. The Balaban J connectivity index is 2.20. The third kappa shape index (κ3) is 3.67. The quantitative estimate of drug-likeness (QED) is 0.571. The number of carbonyl (C=O) groups excluding carboxylic acids is 1. The summed E-state index contributed by atoms with van der Waals surface area (Å²) in [5, 5.41) is 2.96. The number of nitrogens with zero attached hydrogens (tertiary/aromatic N) is 1. The van der Waals surface area contributed by atoms with Crippen molar-refractivity contribution >= 4 is 11.7 Å². The SMILES string of the molecule is CC(C)(C)c1cc(C(=O)NCC2CC2)cc(NN)n1. The van der Waals surface area contributed by atoms with Gasteiger partial charge in [-0.1, -0.05) is 20.8 Å². The fourth-order valence-corrected chi connectivity index (χ4v) is 1.78. The highest BCUT2D eigenvalue weighted by atomic mass is 16.1. The van der Waals surface area contributed by atoms with Crippen LogP contribution in [0.4, 0.5) is 5.82 Å². The molecule has 0 atom stereocenters. The topological polar surface area (TPSA) is 80.0 Å². The van der Waals surface area contributed by atoms with Crippen molar-refractivity contribution in [1.82, 2.24) is 10.3 Å². The van der Waals surface area contributed by atoms with Crippen molar-refractivity contribution in [3.63, 3.8) is 0 Å². The molecule has 0 bridgehead atoms. The normalized spacial score (nSPS) is 15.2. The molecule has 1 aliphatic carbocycles. The van der Waals surface area contributed by atoms with Crippen molar-refractivity contribution < 1.29 is 4.79 Å². The van der Waals surface area contributed by atoms with Gasteiger partial charge in [0.1, 0.15) is 5.82 Å². The van der Waals surface area contributed by atoms with E-state index in [1.807, 2.05) is 6.07 Å². The van der Waals surface area contributed by atoms with E-state index in [2.05, 4.69) is 36.5 Å². The lowest BCUT2D eigenvalue weighted by Crippen LogP contribution is -2.27. The molecule has 1 saturated carbocycles. The highest BCUT2D eigenvalue weighted by Crippen LogP contribution is 2.28. The molecule has 4 N–H and O–H groups in total. The molecule has 1 aromatic heterocycles. The van der Waals surface area contributed by atoms with Crippen molar-refractivity contribution in [3.05, 3.63) is 23.4 Å². The summed E-state index contributed by atoms with van der Waals surface area (Å²) in [6.45, 7) is 6.93. The Morgan fingerprint density at radius 2 is 2.11 bits per heavy atom. The van der Waals surface area contributed by atoms with Crippen LogP contribution < -0.4 is 16.6 Å². The lowest BCUT2D eigenvalue weighted by atomic mass is 9.90. The number of nitrogens with one attached hydrogen (secondary N) is 2. The van der Waals surface area contributed by atoms with Gasteiger partial charge in [-0.05, 0) is 30.9 Å². The largest absolute Gasteiger partial charge is 0.352 e.